The number of likely N-dealkylation sites (N-methyl/N-ethyl adjacent to an activating group) is 1. The zero-order chi connectivity index (χ0) is 21.1. The first kappa shape index (κ1) is 21.2. The number of rotatable bonds is 5. The third-order valence-electron chi connectivity index (χ3n) is 5.57. The number of anilines is 1. The van der Waals surface area contributed by atoms with Crippen molar-refractivity contribution in [1.29, 1.82) is 0 Å². The zero-order valence-electron chi connectivity index (χ0n) is 17.0. The van der Waals surface area contributed by atoms with Crippen molar-refractivity contribution in [2.24, 2.45) is 5.92 Å². The van der Waals surface area contributed by atoms with Crippen molar-refractivity contribution in [1.82, 2.24) is 14.2 Å². The number of amides is 1. The number of piperidine rings is 1. The second kappa shape index (κ2) is 8.97. The number of carbonyl (C=O) groups is 1. The lowest BCUT2D eigenvalue weighted by Gasteiger charge is -2.29. The van der Waals surface area contributed by atoms with Gasteiger partial charge in [-0.15, -0.1) is 11.3 Å². The Bertz CT molecular complexity index is 1030. The van der Waals surface area contributed by atoms with Crippen LogP contribution >= 0.6 is 11.3 Å². The van der Waals surface area contributed by atoms with Gasteiger partial charge in [-0.05, 0) is 31.5 Å². The Hall–Kier alpha value is -2.07. The lowest BCUT2D eigenvalue weighted by atomic mass is 9.97. The first-order valence-electron chi connectivity index (χ1n) is 10.1. The van der Waals surface area contributed by atoms with Crippen LogP contribution in [0.25, 0.3) is 6.08 Å². The van der Waals surface area contributed by atoms with Gasteiger partial charge in [-0.25, -0.2) is 13.4 Å². The van der Waals surface area contributed by atoms with Crippen LogP contribution in [-0.2, 0) is 27.8 Å². The first-order valence-corrected chi connectivity index (χ1v) is 12.4. The van der Waals surface area contributed by atoms with Crippen molar-refractivity contribution < 1.29 is 13.2 Å². The molecule has 7 nitrogen and oxygen atoms in total. The van der Waals surface area contributed by atoms with E-state index in [1.807, 2.05) is 30.3 Å². The van der Waals surface area contributed by atoms with Crippen LogP contribution in [0, 0.1) is 5.92 Å². The van der Waals surface area contributed by atoms with Crippen molar-refractivity contribution >= 4 is 38.5 Å². The van der Waals surface area contributed by atoms with Gasteiger partial charge in [0.15, 0.2) is 5.13 Å². The van der Waals surface area contributed by atoms with Gasteiger partial charge >= 0.3 is 0 Å². The summed E-state index contributed by atoms with van der Waals surface area (Å²) in [5.74, 6) is -0.260. The molecule has 0 radical (unpaired) electrons. The largest absolute Gasteiger partial charge is 0.302 e. The van der Waals surface area contributed by atoms with Gasteiger partial charge in [-0.2, -0.15) is 4.31 Å². The van der Waals surface area contributed by atoms with E-state index < -0.39 is 10.0 Å². The van der Waals surface area contributed by atoms with E-state index in [0.29, 0.717) is 31.1 Å². The Morgan fingerprint density at radius 2 is 1.93 bits per heavy atom. The highest BCUT2D eigenvalue weighted by molar-refractivity contribution is 7.92. The molecule has 1 aromatic carbocycles. The second-order valence-corrected chi connectivity index (χ2v) is 10.7. The molecule has 2 aromatic rings. The number of carbonyl (C=O) groups excluding carboxylic acids is 1. The molecule has 0 aliphatic carbocycles. The molecule has 1 amide bonds. The third-order valence-corrected chi connectivity index (χ3v) is 8.13. The molecule has 3 heterocycles. The summed E-state index contributed by atoms with van der Waals surface area (Å²) in [7, 11) is -1.41. The van der Waals surface area contributed by atoms with Gasteiger partial charge in [0, 0.05) is 48.8 Å². The van der Waals surface area contributed by atoms with Gasteiger partial charge in [0.05, 0.1) is 5.69 Å². The summed E-state index contributed by atoms with van der Waals surface area (Å²) in [5, 5.41) is 4.86. The number of nitrogens with one attached hydrogen (secondary N) is 1. The van der Waals surface area contributed by atoms with Crippen molar-refractivity contribution in [2.75, 3.05) is 32.0 Å². The third kappa shape index (κ3) is 4.97. The highest BCUT2D eigenvalue weighted by Crippen LogP contribution is 2.29. The van der Waals surface area contributed by atoms with Crippen LogP contribution < -0.4 is 5.32 Å². The fourth-order valence-corrected chi connectivity index (χ4v) is 6.08. The molecule has 0 saturated carbocycles. The lowest BCUT2D eigenvalue weighted by molar-refractivity contribution is -0.120. The average molecular weight is 447 g/mol. The second-order valence-electron chi connectivity index (χ2n) is 7.80. The Morgan fingerprint density at radius 1 is 1.20 bits per heavy atom. The summed E-state index contributed by atoms with van der Waals surface area (Å²) in [5.41, 5.74) is 1.92. The van der Waals surface area contributed by atoms with Crippen molar-refractivity contribution in [3.05, 3.63) is 51.9 Å². The van der Waals surface area contributed by atoms with Crippen LogP contribution in [0.5, 0.6) is 0 Å². The highest BCUT2D eigenvalue weighted by Gasteiger charge is 2.30. The number of benzene rings is 1. The van der Waals surface area contributed by atoms with Gasteiger partial charge in [0.25, 0.3) is 0 Å². The van der Waals surface area contributed by atoms with E-state index in [1.165, 1.54) is 14.6 Å². The minimum atomic E-state index is -3.49. The van der Waals surface area contributed by atoms with Crippen LogP contribution in [0.2, 0.25) is 0 Å². The minimum Gasteiger partial charge on any atom is -0.302 e. The first-order chi connectivity index (χ1) is 14.4. The molecule has 1 N–H and O–H groups in total. The van der Waals surface area contributed by atoms with E-state index in [1.54, 1.807) is 17.4 Å². The quantitative estimate of drug-likeness (QED) is 0.764. The van der Waals surface area contributed by atoms with Crippen LogP contribution in [0.3, 0.4) is 0 Å². The van der Waals surface area contributed by atoms with E-state index in [-0.39, 0.29) is 11.8 Å². The average Bonchev–Trinajstić information content (AvgIpc) is 3.14. The van der Waals surface area contributed by atoms with E-state index in [4.69, 9.17) is 0 Å². The fraction of sp³-hybridized carbons (Fsp3) is 0.429. The Kier molecular flexibility index (Phi) is 6.33. The monoisotopic (exact) mass is 446 g/mol. The van der Waals surface area contributed by atoms with Crippen LogP contribution in [0.4, 0.5) is 5.13 Å². The number of fused-ring (bicyclic) bond motifs is 1. The number of nitrogens with zero attached hydrogens (tertiary/aromatic N) is 3. The number of thiazole rings is 1. The van der Waals surface area contributed by atoms with Crippen LogP contribution in [-0.4, -0.2) is 55.2 Å². The summed E-state index contributed by atoms with van der Waals surface area (Å²) in [6, 6.07) is 9.34. The minimum absolute atomic E-state index is 0.0636. The normalized spacial score (nSPS) is 19.1. The summed E-state index contributed by atoms with van der Waals surface area (Å²) in [6.07, 6.45) is 3.54. The molecule has 0 spiro atoms. The summed E-state index contributed by atoms with van der Waals surface area (Å²) in [4.78, 5) is 20.7. The molecule has 4 rings (SSSR count). The molecular formula is C21H26N4O3S2. The van der Waals surface area contributed by atoms with Crippen molar-refractivity contribution in [2.45, 2.75) is 25.8 Å². The van der Waals surface area contributed by atoms with Crippen LogP contribution in [0.15, 0.2) is 35.7 Å². The fourth-order valence-electron chi connectivity index (χ4n) is 3.77. The molecule has 160 valence electrons. The standard InChI is InChI=1S/C21H26N4O3S2/c1-24-11-9-18-19(15-24)29-21(22-18)23-20(26)17-7-12-25(13-8-17)30(27,28)14-10-16-5-3-2-4-6-16/h2-6,10,14,17H,7-9,11-13,15H2,1H3,(H,22,23,26). The molecule has 2 aliphatic heterocycles. The molecule has 1 aromatic heterocycles. The summed E-state index contributed by atoms with van der Waals surface area (Å²) >= 11 is 1.54. The molecule has 0 bridgehead atoms. The van der Waals surface area contributed by atoms with Gasteiger partial charge < -0.3 is 10.2 Å². The molecule has 0 atom stereocenters. The molecule has 1 fully saturated rings. The van der Waals surface area contributed by atoms with Gasteiger partial charge in [0.2, 0.25) is 15.9 Å². The number of aromatic nitrogens is 1. The summed E-state index contributed by atoms with van der Waals surface area (Å²) < 4.78 is 26.6. The number of sulfonamides is 1. The molecule has 0 unspecified atom stereocenters. The number of hydrogen-bond donors (Lipinski definition) is 1. The maximum Gasteiger partial charge on any atom is 0.236 e. The predicted molar refractivity (Wildman–Crippen MR) is 119 cm³/mol. The lowest BCUT2D eigenvalue weighted by Crippen LogP contribution is -2.40. The maximum absolute atomic E-state index is 12.7. The molecule has 30 heavy (non-hydrogen) atoms. The van der Waals surface area contributed by atoms with E-state index >= 15 is 0 Å². The number of hydrogen-bond acceptors (Lipinski definition) is 6. The summed E-state index contributed by atoms with van der Waals surface area (Å²) in [6.45, 7) is 2.54. The highest BCUT2D eigenvalue weighted by atomic mass is 32.2. The molecule has 9 heteroatoms. The van der Waals surface area contributed by atoms with Crippen molar-refractivity contribution in [3.63, 3.8) is 0 Å². The predicted octanol–water partition coefficient (Wildman–Crippen LogP) is 2.78. The maximum atomic E-state index is 12.7. The zero-order valence-corrected chi connectivity index (χ0v) is 18.6. The van der Waals surface area contributed by atoms with Crippen molar-refractivity contribution in [3.8, 4) is 0 Å². The SMILES string of the molecule is CN1CCc2nc(NC(=O)C3CCN(S(=O)(=O)C=Cc4ccccc4)CC3)sc2C1. The van der Waals surface area contributed by atoms with E-state index in [0.717, 1.165) is 30.8 Å². The molecular weight excluding hydrogens is 420 g/mol. The van der Waals surface area contributed by atoms with Gasteiger partial charge in [0.1, 0.15) is 0 Å². The van der Waals surface area contributed by atoms with Gasteiger partial charge in [-0.3, -0.25) is 4.79 Å². The molecule has 2 aliphatic rings. The Balaban J connectivity index is 1.32. The van der Waals surface area contributed by atoms with Crippen LogP contribution in [0.1, 0.15) is 29.0 Å². The Morgan fingerprint density at radius 3 is 2.67 bits per heavy atom. The van der Waals surface area contributed by atoms with E-state index in [2.05, 4.69) is 22.2 Å². The molecule has 1 saturated heterocycles. The topological polar surface area (TPSA) is 82.6 Å². The Labute approximate surface area is 181 Å². The van der Waals surface area contributed by atoms with E-state index in [9.17, 15) is 13.2 Å². The van der Waals surface area contributed by atoms with Gasteiger partial charge in [-0.1, -0.05) is 30.3 Å². The smallest absolute Gasteiger partial charge is 0.236 e.